The predicted molar refractivity (Wildman–Crippen MR) is 90.1 cm³/mol. The lowest BCUT2D eigenvalue weighted by Crippen LogP contribution is -2.32. The Morgan fingerprint density at radius 3 is 2.72 bits per heavy atom. The largest absolute Gasteiger partial charge is 0.366 e. The van der Waals surface area contributed by atoms with Crippen molar-refractivity contribution >= 4 is 5.82 Å². The molecule has 0 unspecified atom stereocenters. The topological polar surface area (TPSA) is 79.4 Å². The molecule has 2 aromatic heterocycles. The minimum atomic E-state index is -0.270. The van der Waals surface area contributed by atoms with Crippen molar-refractivity contribution in [1.29, 1.82) is 5.26 Å². The second-order valence-corrected chi connectivity index (χ2v) is 5.98. The van der Waals surface area contributed by atoms with Crippen LogP contribution < -0.4 is 5.32 Å². The van der Waals surface area contributed by atoms with Crippen molar-refractivity contribution in [3.8, 4) is 17.5 Å². The number of hydrogen-bond donors (Lipinski definition) is 1. The first-order chi connectivity index (χ1) is 12.2. The van der Waals surface area contributed by atoms with E-state index in [1.54, 1.807) is 30.5 Å². The summed E-state index contributed by atoms with van der Waals surface area (Å²) >= 11 is 0. The number of anilines is 1. The van der Waals surface area contributed by atoms with Crippen LogP contribution in [0, 0.1) is 17.1 Å². The Labute approximate surface area is 144 Å². The standard InChI is InChI=1S/C18H15FN6/c19-14-4-2-13(3-5-14)18-24-23-17-8-6-15(11-25(17)18)22-16-7-1-12(9-20)10-21-16/h1-5,7,10,15H,6,8,11H2,(H,21,22)/t15-/m1/s1. The molecule has 1 N–H and O–H groups in total. The van der Waals surface area contributed by atoms with Gasteiger partial charge in [-0.15, -0.1) is 10.2 Å². The van der Waals surface area contributed by atoms with Crippen LogP contribution in [0.4, 0.5) is 10.2 Å². The molecule has 1 aromatic carbocycles. The fraction of sp³-hybridized carbons (Fsp3) is 0.222. The minimum absolute atomic E-state index is 0.183. The molecule has 0 amide bonds. The first-order valence-corrected chi connectivity index (χ1v) is 8.03. The van der Waals surface area contributed by atoms with E-state index >= 15 is 0 Å². The summed E-state index contributed by atoms with van der Waals surface area (Å²) < 4.78 is 15.2. The molecule has 7 heteroatoms. The number of nitrogens with one attached hydrogen (secondary N) is 1. The molecule has 0 bridgehead atoms. The average molecular weight is 334 g/mol. The van der Waals surface area contributed by atoms with E-state index in [-0.39, 0.29) is 11.9 Å². The van der Waals surface area contributed by atoms with Crippen LogP contribution in [0.3, 0.4) is 0 Å². The van der Waals surface area contributed by atoms with Crippen LogP contribution in [0.25, 0.3) is 11.4 Å². The molecular weight excluding hydrogens is 319 g/mol. The highest BCUT2D eigenvalue weighted by atomic mass is 19.1. The number of hydrogen-bond acceptors (Lipinski definition) is 5. The number of aryl methyl sites for hydroxylation is 1. The molecule has 1 aliphatic rings. The third-order valence-electron chi connectivity index (χ3n) is 4.29. The van der Waals surface area contributed by atoms with Crippen molar-refractivity contribution in [2.24, 2.45) is 0 Å². The summed E-state index contributed by atoms with van der Waals surface area (Å²) in [6, 6.07) is 12.1. The highest BCUT2D eigenvalue weighted by molar-refractivity contribution is 5.55. The number of nitrogens with zero attached hydrogens (tertiary/aromatic N) is 5. The molecule has 0 radical (unpaired) electrons. The first kappa shape index (κ1) is 15.3. The molecule has 0 saturated carbocycles. The molecule has 1 atom stereocenters. The molecule has 0 saturated heterocycles. The van der Waals surface area contributed by atoms with Crippen LogP contribution in [0.5, 0.6) is 0 Å². The van der Waals surface area contributed by atoms with Gasteiger partial charge in [0.25, 0.3) is 0 Å². The molecule has 0 aliphatic carbocycles. The Morgan fingerprint density at radius 1 is 1.16 bits per heavy atom. The van der Waals surface area contributed by atoms with Crippen LogP contribution in [0.2, 0.25) is 0 Å². The third kappa shape index (κ3) is 3.06. The SMILES string of the molecule is N#Cc1ccc(N[C@@H]2CCc3nnc(-c4ccc(F)cc4)n3C2)nc1. The van der Waals surface area contributed by atoms with E-state index in [0.717, 1.165) is 35.9 Å². The van der Waals surface area contributed by atoms with Gasteiger partial charge in [-0.3, -0.25) is 0 Å². The van der Waals surface area contributed by atoms with E-state index < -0.39 is 0 Å². The second kappa shape index (κ2) is 6.32. The van der Waals surface area contributed by atoms with Gasteiger partial charge in [0.1, 0.15) is 23.5 Å². The number of pyridine rings is 1. The Bertz CT molecular complexity index is 924. The maximum atomic E-state index is 13.1. The van der Waals surface area contributed by atoms with Crippen molar-refractivity contribution in [2.45, 2.75) is 25.4 Å². The molecule has 25 heavy (non-hydrogen) atoms. The quantitative estimate of drug-likeness (QED) is 0.797. The predicted octanol–water partition coefficient (Wildman–Crippen LogP) is 2.78. The summed E-state index contributed by atoms with van der Waals surface area (Å²) in [4.78, 5) is 4.26. The van der Waals surface area contributed by atoms with Gasteiger partial charge in [-0.05, 0) is 42.8 Å². The normalized spacial score (nSPS) is 16.1. The summed E-state index contributed by atoms with van der Waals surface area (Å²) in [6.07, 6.45) is 3.28. The van der Waals surface area contributed by atoms with Gasteiger partial charge in [-0.1, -0.05) is 0 Å². The number of aromatic nitrogens is 4. The van der Waals surface area contributed by atoms with Crippen LogP contribution in [0.1, 0.15) is 17.8 Å². The van der Waals surface area contributed by atoms with Crippen molar-refractivity contribution < 1.29 is 4.39 Å². The number of rotatable bonds is 3. The molecule has 1 aliphatic heterocycles. The van der Waals surface area contributed by atoms with E-state index in [1.165, 1.54) is 12.1 Å². The molecule has 3 aromatic rings. The zero-order valence-electron chi connectivity index (χ0n) is 13.4. The van der Waals surface area contributed by atoms with Crippen LogP contribution in [-0.2, 0) is 13.0 Å². The lowest BCUT2D eigenvalue weighted by atomic mass is 10.1. The minimum Gasteiger partial charge on any atom is -0.366 e. The smallest absolute Gasteiger partial charge is 0.164 e. The van der Waals surface area contributed by atoms with Gasteiger partial charge in [0.05, 0.1) is 5.56 Å². The van der Waals surface area contributed by atoms with Gasteiger partial charge in [-0.2, -0.15) is 5.26 Å². The zero-order valence-corrected chi connectivity index (χ0v) is 13.4. The number of halogens is 1. The molecule has 124 valence electrons. The Hall–Kier alpha value is -3.27. The molecule has 0 spiro atoms. The van der Waals surface area contributed by atoms with E-state index in [0.29, 0.717) is 12.1 Å². The lowest BCUT2D eigenvalue weighted by molar-refractivity contribution is 0.478. The van der Waals surface area contributed by atoms with Crippen LogP contribution >= 0.6 is 0 Å². The van der Waals surface area contributed by atoms with Gasteiger partial charge in [-0.25, -0.2) is 9.37 Å². The van der Waals surface area contributed by atoms with E-state index in [4.69, 9.17) is 5.26 Å². The summed E-state index contributed by atoms with van der Waals surface area (Å²) in [5, 5.41) is 20.8. The molecule has 0 fully saturated rings. The molecular formula is C18H15FN6. The Balaban J connectivity index is 1.55. The summed E-state index contributed by atoms with van der Waals surface area (Å²) in [6.45, 7) is 0.705. The summed E-state index contributed by atoms with van der Waals surface area (Å²) in [5.41, 5.74) is 1.38. The maximum Gasteiger partial charge on any atom is 0.164 e. The van der Waals surface area contributed by atoms with Gasteiger partial charge in [0.15, 0.2) is 5.82 Å². The van der Waals surface area contributed by atoms with Crippen LogP contribution in [0.15, 0.2) is 42.6 Å². The third-order valence-corrected chi connectivity index (χ3v) is 4.29. The fourth-order valence-electron chi connectivity index (χ4n) is 3.01. The molecule has 3 heterocycles. The highest BCUT2D eigenvalue weighted by Gasteiger charge is 2.23. The van der Waals surface area contributed by atoms with Crippen molar-refractivity contribution in [3.63, 3.8) is 0 Å². The Morgan fingerprint density at radius 2 is 2.00 bits per heavy atom. The lowest BCUT2D eigenvalue weighted by Gasteiger charge is -2.25. The number of nitriles is 1. The van der Waals surface area contributed by atoms with Gasteiger partial charge in [0.2, 0.25) is 0 Å². The van der Waals surface area contributed by atoms with Gasteiger partial charge >= 0.3 is 0 Å². The monoisotopic (exact) mass is 334 g/mol. The maximum absolute atomic E-state index is 13.1. The molecule has 4 rings (SSSR count). The van der Waals surface area contributed by atoms with E-state index in [1.807, 2.05) is 0 Å². The Kier molecular flexibility index (Phi) is 3.86. The van der Waals surface area contributed by atoms with Crippen molar-refractivity contribution in [1.82, 2.24) is 19.7 Å². The second-order valence-electron chi connectivity index (χ2n) is 5.98. The number of fused-ring (bicyclic) bond motifs is 1. The first-order valence-electron chi connectivity index (χ1n) is 8.03. The van der Waals surface area contributed by atoms with Gasteiger partial charge in [0, 0.05) is 30.8 Å². The average Bonchev–Trinajstić information content (AvgIpc) is 3.06. The van der Waals surface area contributed by atoms with E-state index in [9.17, 15) is 4.39 Å². The van der Waals surface area contributed by atoms with Crippen molar-refractivity contribution in [2.75, 3.05) is 5.32 Å². The summed E-state index contributed by atoms with van der Waals surface area (Å²) in [7, 11) is 0. The fourth-order valence-corrected chi connectivity index (χ4v) is 3.01. The molecule has 6 nitrogen and oxygen atoms in total. The van der Waals surface area contributed by atoms with Crippen LogP contribution in [-0.4, -0.2) is 25.8 Å². The van der Waals surface area contributed by atoms with E-state index in [2.05, 4.69) is 31.1 Å². The zero-order chi connectivity index (χ0) is 17.2. The van der Waals surface area contributed by atoms with Crippen molar-refractivity contribution in [3.05, 3.63) is 59.8 Å². The number of benzene rings is 1. The van der Waals surface area contributed by atoms with Gasteiger partial charge < -0.3 is 9.88 Å². The highest BCUT2D eigenvalue weighted by Crippen LogP contribution is 2.24. The summed E-state index contributed by atoms with van der Waals surface area (Å²) in [5.74, 6) is 2.15.